The fourth-order valence-corrected chi connectivity index (χ4v) is 4.12. The van der Waals surface area contributed by atoms with E-state index in [1.807, 2.05) is 12.1 Å². The molecule has 2 fully saturated rings. The highest BCUT2D eigenvalue weighted by Gasteiger charge is 2.43. The van der Waals surface area contributed by atoms with Crippen LogP contribution < -0.4 is 9.80 Å². The number of anilines is 2. The van der Waals surface area contributed by atoms with Crippen molar-refractivity contribution < 1.29 is 14.0 Å². The summed E-state index contributed by atoms with van der Waals surface area (Å²) in [5, 5.41) is 0. The minimum Gasteiger partial charge on any atom is -0.369 e. The number of carbonyl (C=O) groups is 2. The first-order valence-corrected chi connectivity index (χ1v) is 9.69. The third kappa shape index (κ3) is 3.61. The minimum absolute atomic E-state index is 0.159. The third-order valence-electron chi connectivity index (χ3n) is 5.14. The topological polar surface area (TPSA) is 43.9 Å². The molecular weight excluding hydrogens is 413 g/mol. The van der Waals surface area contributed by atoms with Crippen molar-refractivity contribution in [1.82, 2.24) is 4.90 Å². The molecule has 0 aliphatic carbocycles. The van der Waals surface area contributed by atoms with Gasteiger partial charge in [0.15, 0.2) is 0 Å². The van der Waals surface area contributed by atoms with Crippen molar-refractivity contribution in [2.75, 3.05) is 36.0 Å². The summed E-state index contributed by atoms with van der Waals surface area (Å²) in [6, 6.07) is 13.3. The van der Waals surface area contributed by atoms with Gasteiger partial charge < -0.3 is 4.90 Å². The molecule has 0 aromatic heterocycles. The standard InChI is InChI=1S/C20H19BrFN3O2/c21-14-2-1-3-17(12-14)25-19(26)13-18(20(25)27)24-10-8-23(9-11-24)16-6-4-15(22)5-7-16/h1-7,12,18H,8-11,13H2/t18-/m0/s1. The van der Waals surface area contributed by atoms with E-state index in [1.165, 1.54) is 17.0 Å². The third-order valence-corrected chi connectivity index (χ3v) is 5.63. The molecular formula is C20H19BrFN3O2. The largest absolute Gasteiger partial charge is 0.369 e. The number of piperazine rings is 1. The molecule has 2 amide bonds. The zero-order valence-corrected chi connectivity index (χ0v) is 16.2. The van der Waals surface area contributed by atoms with Gasteiger partial charge in [-0.2, -0.15) is 0 Å². The maximum atomic E-state index is 13.1. The van der Waals surface area contributed by atoms with Crippen LogP contribution in [0.15, 0.2) is 53.0 Å². The van der Waals surface area contributed by atoms with Gasteiger partial charge in [0.2, 0.25) is 5.91 Å². The van der Waals surface area contributed by atoms with Crippen molar-refractivity contribution in [2.45, 2.75) is 12.5 Å². The SMILES string of the molecule is O=C1C[C@H](N2CCN(c3ccc(F)cc3)CC2)C(=O)N1c1cccc(Br)c1. The first-order chi connectivity index (χ1) is 13.0. The summed E-state index contributed by atoms with van der Waals surface area (Å²) in [6.07, 6.45) is 0.210. The molecule has 0 spiro atoms. The Labute approximate surface area is 165 Å². The molecule has 2 aromatic rings. The van der Waals surface area contributed by atoms with Crippen LogP contribution in [0.1, 0.15) is 6.42 Å². The van der Waals surface area contributed by atoms with Crippen molar-refractivity contribution in [3.05, 3.63) is 58.8 Å². The van der Waals surface area contributed by atoms with Gasteiger partial charge in [-0.15, -0.1) is 0 Å². The number of hydrogen-bond donors (Lipinski definition) is 0. The Morgan fingerprint density at radius 2 is 1.63 bits per heavy atom. The molecule has 5 nitrogen and oxygen atoms in total. The lowest BCUT2D eigenvalue weighted by atomic mass is 10.1. The van der Waals surface area contributed by atoms with E-state index in [1.54, 1.807) is 24.3 Å². The lowest BCUT2D eigenvalue weighted by molar-refractivity contribution is -0.123. The van der Waals surface area contributed by atoms with Gasteiger partial charge in [-0.05, 0) is 42.5 Å². The first kappa shape index (κ1) is 18.1. The molecule has 0 radical (unpaired) electrons. The Bertz CT molecular complexity index is 866. The Hall–Kier alpha value is -2.25. The van der Waals surface area contributed by atoms with Crippen molar-refractivity contribution in [3.63, 3.8) is 0 Å². The smallest absolute Gasteiger partial charge is 0.251 e. The molecule has 1 atom stereocenters. The van der Waals surface area contributed by atoms with E-state index in [2.05, 4.69) is 25.7 Å². The fraction of sp³-hybridized carbons (Fsp3) is 0.300. The highest BCUT2D eigenvalue weighted by Crippen LogP contribution is 2.28. The van der Waals surface area contributed by atoms with Crippen LogP contribution in [0.3, 0.4) is 0 Å². The Balaban J connectivity index is 1.44. The number of nitrogens with zero attached hydrogens (tertiary/aromatic N) is 3. The van der Waals surface area contributed by atoms with Crippen molar-refractivity contribution in [2.24, 2.45) is 0 Å². The van der Waals surface area contributed by atoms with Gasteiger partial charge in [-0.3, -0.25) is 14.5 Å². The zero-order valence-electron chi connectivity index (χ0n) is 14.6. The van der Waals surface area contributed by atoms with Crippen LogP contribution in [-0.2, 0) is 9.59 Å². The maximum Gasteiger partial charge on any atom is 0.251 e. The van der Waals surface area contributed by atoms with Crippen molar-refractivity contribution in [1.29, 1.82) is 0 Å². The predicted octanol–water partition coefficient (Wildman–Crippen LogP) is 3.04. The van der Waals surface area contributed by atoms with Crippen molar-refractivity contribution >= 4 is 39.1 Å². The molecule has 0 bridgehead atoms. The van der Waals surface area contributed by atoms with Crippen LogP contribution in [0.25, 0.3) is 0 Å². The van der Waals surface area contributed by atoms with Gasteiger partial charge in [0, 0.05) is 36.3 Å². The van der Waals surface area contributed by atoms with Gasteiger partial charge in [0.25, 0.3) is 5.91 Å². The molecule has 2 aromatic carbocycles. The summed E-state index contributed by atoms with van der Waals surface area (Å²) in [4.78, 5) is 30.9. The molecule has 140 valence electrons. The van der Waals surface area contributed by atoms with E-state index in [0.29, 0.717) is 18.8 Å². The molecule has 2 saturated heterocycles. The van der Waals surface area contributed by atoms with Gasteiger partial charge >= 0.3 is 0 Å². The molecule has 0 saturated carbocycles. The summed E-state index contributed by atoms with van der Waals surface area (Å²) in [7, 11) is 0. The monoisotopic (exact) mass is 431 g/mol. The molecule has 7 heteroatoms. The average molecular weight is 432 g/mol. The number of amides is 2. The van der Waals surface area contributed by atoms with Gasteiger partial charge in [0.05, 0.1) is 18.2 Å². The second-order valence-electron chi connectivity index (χ2n) is 6.77. The highest BCUT2D eigenvalue weighted by atomic mass is 79.9. The minimum atomic E-state index is -0.410. The Morgan fingerprint density at radius 3 is 2.30 bits per heavy atom. The van der Waals surface area contributed by atoms with Crippen LogP contribution in [-0.4, -0.2) is 48.9 Å². The van der Waals surface area contributed by atoms with E-state index < -0.39 is 6.04 Å². The lowest BCUT2D eigenvalue weighted by Gasteiger charge is -2.38. The van der Waals surface area contributed by atoms with Gasteiger partial charge in [0.1, 0.15) is 5.82 Å². The molecule has 2 aliphatic heterocycles. The second kappa shape index (κ2) is 7.40. The van der Waals surface area contributed by atoms with Gasteiger partial charge in [-0.1, -0.05) is 22.0 Å². The average Bonchev–Trinajstić information content (AvgIpc) is 2.97. The summed E-state index contributed by atoms with van der Waals surface area (Å²) in [5.74, 6) is -0.572. The fourth-order valence-electron chi connectivity index (χ4n) is 3.73. The van der Waals surface area contributed by atoms with Crippen molar-refractivity contribution in [3.8, 4) is 0 Å². The number of carbonyl (C=O) groups excluding carboxylic acids is 2. The van der Waals surface area contributed by atoms with Crippen LogP contribution in [0.5, 0.6) is 0 Å². The summed E-state index contributed by atoms with van der Waals surface area (Å²) < 4.78 is 13.9. The predicted molar refractivity (Wildman–Crippen MR) is 105 cm³/mol. The molecule has 27 heavy (non-hydrogen) atoms. The lowest BCUT2D eigenvalue weighted by Crippen LogP contribution is -2.52. The summed E-state index contributed by atoms with van der Waals surface area (Å²) in [5.41, 5.74) is 1.58. The number of halogens is 2. The molecule has 2 heterocycles. The normalized spacial score (nSPS) is 21.2. The molecule has 0 unspecified atom stereocenters. The Kier molecular flexibility index (Phi) is 4.97. The van der Waals surface area contributed by atoms with E-state index in [-0.39, 0.29) is 24.1 Å². The summed E-state index contributed by atoms with van der Waals surface area (Å²) in [6.45, 7) is 2.85. The van der Waals surface area contributed by atoms with E-state index in [0.717, 1.165) is 23.2 Å². The van der Waals surface area contributed by atoms with E-state index >= 15 is 0 Å². The number of rotatable bonds is 3. The van der Waals surface area contributed by atoms with E-state index in [9.17, 15) is 14.0 Å². The number of imide groups is 1. The highest BCUT2D eigenvalue weighted by molar-refractivity contribution is 9.10. The van der Waals surface area contributed by atoms with E-state index in [4.69, 9.17) is 0 Å². The van der Waals surface area contributed by atoms with Crippen LogP contribution in [0, 0.1) is 5.82 Å². The van der Waals surface area contributed by atoms with Crippen LogP contribution in [0.4, 0.5) is 15.8 Å². The zero-order chi connectivity index (χ0) is 19.0. The Morgan fingerprint density at radius 1 is 0.926 bits per heavy atom. The van der Waals surface area contributed by atoms with Crippen LogP contribution in [0.2, 0.25) is 0 Å². The number of benzene rings is 2. The number of hydrogen-bond acceptors (Lipinski definition) is 4. The molecule has 4 rings (SSSR count). The summed E-state index contributed by atoms with van der Waals surface area (Å²) >= 11 is 3.39. The first-order valence-electron chi connectivity index (χ1n) is 8.90. The van der Waals surface area contributed by atoms with Crippen LogP contribution >= 0.6 is 15.9 Å². The second-order valence-corrected chi connectivity index (χ2v) is 7.68. The maximum absolute atomic E-state index is 13.1. The molecule has 0 N–H and O–H groups in total. The van der Waals surface area contributed by atoms with Gasteiger partial charge in [-0.25, -0.2) is 9.29 Å². The molecule has 2 aliphatic rings. The quantitative estimate of drug-likeness (QED) is 0.700.